The molecular formula is C18H17ClN4O. The number of hydrogen-bond acceptors (Lipinski definition) is 4. The molecule has 1 aliphatic rings. The van der Waals surface area contributed by atoms with Gasteiger partial charge in [-0.25, -0.2) is 4.98 Å². The number of para-hydroxylation sites is 1. The van der Waals surface area contributed by atoms with Gasteiger partial charge in [-0.3, -0.25) is 4.79 Å². The van der Waals surface area contributed by atoms with Crippen molar-refractivity contribution < 1.29 is 4.79 Å². The van der Waals surface area contributed by atoms with Crippen molar-refractivity contribution in [3.05, 3.63) is 52.7 Å². The maximum absolute atomic E-state index is 12.8. The lowest BCUT2D eigenvalue weighted by Gasteiger charge is -2.25. The second-order valence-electron chi connectivity index (χ2n) is 5.80. The average Bonchev–Trinajstić information content (AvgIpc) is 2.96. The third kappa shape index (κ3) is 2.81. The Kier molecular flexibility index (Phi) is 4.41. The van der Waals surface area contributed by atoms with Gasteiger partial charge >= 0.3 is 0 Å². The van der Waals surface area contributed by atoms with Crippen molar-refractivity contribution in [3.63, 3.8) is 0 Å². The van der Waals surface area contributed by atoms with E-state index in [2.05, 4.69) is 11.1 Å². The molecule has 1 amide bonds. The fourth-order valence-corrected chi connectivity index (χ4v) is 3.16. The molecule has 2 aromatic rings. The first-order valence-corrected chi connectivity index (χ1v) is 8.07. The van der Waals surface area contributed by atoms with E-state index in [0.717, 1.165) is 11.3 Å². The van der Waals surface area contributed by atoms with Gasteiger partial charge in [-0.05, 0) is 37.1 Å². The van der Waals surface area contributed by atoms with E-state index in [1.54, 1.807) is 11.0 Å². The Hall–Kier alpha value is -2.58. The Labute approximate surface area is 146 Å². The van der Waals surface area contributed by atoms with Crippen molar-refractivity contribution in [2.45, 2.75) is 19.4 Å². The minimum atomic E-state index is -0.317. The van der Waals surface area contributed by atoms with E-state index >= 15 is 0 Å². The quantitative estimate of drug-likeness (QED) is 0.861. The topological polar surface area (TPSA) is 60.2 Å². The largest absolute Gasteiger partial charge is 0.348 e. The van der Waals surface area contributed by atoms with E-state index in [1.807, 2.05) is 49.2 Å². The molecule has 1 aromatic heterocycles. The van der Waals surface area contributed by atoms with E-state index in [9.17, 15) is 4.79 Å². The highest BCUT2D eigenvalue weighted by Gasteiger charge is 2.36. The van der Waals surface area contributed by atoms with Crippen molar-refractivity contribution in [2.24, 2.45) is 0 Å². The van der Waals surface area contributed by atoms with Crippen molar-refractivity contribution in [3.8, 4) is 6.07 Å². The van der Waals surface area contributed by atoms with E-state index in [0.29, 0.717) is 29.5 Å². The molecule has 0 aliphatic carbocycles. The fourth-order valence-electron chi connectivity index (χ4n) is 2.92. The van der Waals surface area contributed by atoms with Gasteiger partial charge in [0.2, 0.25) is 5.91 Å². The van der Waals surface area contributed by atoms with Gasteiger partial charge in [-0.15, -0.1) is 0 Å². The van der Waals surface area contributed by atoms with Gasteiger partial charge in [-0.2, -0.15) is 5.26 Å². The molecule has 6 heteroatoms. The number of carbonyl (C=O) groups is 1. The average molecular weight is 341 g/mol. The summed E-state index contributed by atoms with van der Waals surface area (Å²) in [6.45, 7) is 2.45. The predicted octanol–water partition coefficient (Wildman–Crippen LogP) is 3.16. The van der Waals surface area contributed by atoms with Gasteiger partial charge in [0.1, 0.15) is 23.6 Å². The zero-order chi connectivity index (χ0) is 17.3. The molecular weight excluding hydrogens is 324 g/mol. The van der Waals surface area contributed by atoms with E-state index in [-0.39, 0.29) is 11.9 Å². The van der Waals surface area contributed by atoms with Gasteiger partial charge in [0.15, 0.2) is 0 Å². The summed E-state index contributed by atoms with van der Waals surface area (Å²) in [5.74, 6) is 0.614. The number of likely N-dealkylation sites (N-methyl/N-ethyl adjacent to an activating group) is 1. The van der Waals surface area contributed by atoms with Crippen LogP contribution in [0, 0.1) is 18.3 Å². The molecule has 0 bridgehead atoms. The third-order valence-corrected chi connectivity index (χ3v) is 4.66. The van der Waals surface area contributed by atoms with Crippen LogP contribution in [0.25, 0.3) is 0 Å². The SMILES string of the molecule is Cc1ccc(N(C)C2CCN(c3ccccc3Cl)C2=O)nc1C#N. The number of rotatable bonds is 3. The van der Waals surface area contributed by atoms with Crippen LogP contribution in [-0.2, 0) is 4.79 Å². The van der Waals surface area contributed by atoms with Gasteiger partial charge in [0.25, 0.3) is 0 Å². The highest BCUT2D eigenvalue weighted by atomic mass is 35.5. The second kappa shape index (κ2) is 6.50. The lowest BCUT2D eigenvalue weighted by atomic mass is 10.2. The maximum Gasteiger partial charge on any atom is 0.249 e. The summed E-state index contributed by atoms with van der Waals surface area (Å²) < 4.78 is 0. The van der Waals surface area contributed by atoms with Crippen LogP contribution in [0.2, 0.25) is 5.02 Å². The molecule has 1 aliphatic heterocycles. The van der Waals surface area contributed by atoms with Gasteiger partial charge in [0.05, 0.1) is 10.7 Å². The zero-order valence-electron chi connectivity index (χ0n) is 13.5. The molecule has 2 heterocycles. The standard InChI is InChI=1S/C18H17ClN4O/c1-12-7-8-17(21-14(12)11-20)22(2)16-9-10-23(18(16)24)15-6-4-3-5-13(15)19/h3-8,16H,9-10H2,1-2H3. The monoisotopic (exact) mass is 340 g/mol. The van der Waals surface area contributed by atoms with Crippen molar-refractivity contribution >= 4 is 29.0 Å². The molecule has 1 fully saturated rings. The number of pyridine rings is 1. The molecule has 5 nitrogen and oxygen atoms in total. The second-order valence-corrected chi connectivity index (χ2v) is 6.21. The van der Waals surface area contributed by atoms with Crippen molar-refractivity contribution in [1.29, 1.82) is 5.26 Å². The molecule has 122 valence electrons. The van der Waals surface area contributed by atoms with Gasteiger partial charge in [-0.1, -0.05) is 29.8 Å². The molecule has 0 saturated carbocycles. The summed E-state index contributed by atoms with van der Waals surface area (Å²) in [6, 6.07) is 12.8. The highest BCUT2D eigenvalue weighted by Crippen LogP contribution is 2.31. The summed E-state index contributed by atoms with van der Waals surface area (Å²) in [5.41, 5.74) is 1.94. The summed E-state index contributed by atoms with van der Waals surface area (Å²) >= 11 is 6.22. The Bertz CT molecular complexity index is 830. The number of anilines is 2. The molecule has 1 saturated heterocycles. The molecule has 1 aromatic carbocycles. The molecule has 1 unspecified atom stereocenters. The number of nitriles is 1. The molecule has 24 heavy (non-hydrogen) atoms. The number of carbonyl (C=O) groups excluding carboxylic acids is 1. The molecule has 0 radical (unpaired) electrons. The number of hydrogen-bond donors (Lipinski definition) is 0. The Morgan fingerprint density at radius 1 is 1.33 bits per heavy atom. The lowest BCUT2D eigenvalue weighted by Crippen LogP contribution is -2.40. The highest BCUT2D eigenvalue weighted by molar-refractivity contribution is 6.34. The first-order chi connectivity index (χ1) is 11.5. The van der Waals surface area contributed by atoms with Crippen molar-refractivity contribution in [1.82, 2.24) is 4.98 Å². The maximum atomic E-state index is 12.8. The van der Waals surface area contributed by atoms with E-state index in [1.165, 1.54) is 0 Å². The van der Waals surface area contributed by atoms with Crippen LogP contribution >= 0.6 is 11.6 Å². The summed E-state index contributed by atoms with van der Waals surface area (Å²) in [4.78, 5) is 20.7. The van der Waals surface area contributed by atoms with Crippen LogP contribution in [0.15, 0.2) is 36.4 Å². The number of nitrogens with zero attached hydrogens (tertiary/aromatic N) is 4. The zero-order valence-corrected chi connectivity index (χ0v) is 14.3. The fraction of sp³-hybridized carbons (Fsp3) is 0.278. The minimum absolute atomic E-state index is 0.00789. The van der Waals surface area contributed by atoms with Crippen molar-refractivity contribution in [2.75, 3.05) is 23.4 Å². The van der Waals surface area contributed by atoms with Crippen LogP contribution in [0.4, 0.5) is 11.5 Å². The Balaban J connectivity index is 1.85. The van der Waals surface area contributed by atoms with Crippen LogP contribution in [-0.4, -0.2) is 30.5 Å². The molecule has 1 atom stereocenters. The van der Waals surface area contributed by atoms with E-state index in [4.69, 9.17) is 16.9 Å². The summed E-state index contributed by atoms with van der Waals surface area (Å²) in [6.07, 6.45) is 0.679. The smallest absolute Gasteiger partial charge is 0.249 e. The third-order valence-electron chi connectivity index (χ3n) is 4.34. The van der Waals surface area contributed by atoms with Gasteiger partial charge in [0, 0.05) is 13.6 Å². The summed E-state index contributed by atoms with van der Waals surface area (Å²) in [5, 5.41) is 9.71. The predicted molar refractivity (Wildman–Crippen MR) is 94.3 cm³/mol. The van der Waals surface area contributed by atoms with Crippen LogP contribution in [0.5, 0.6) is 0 Å². The number of amides is 1. The number of halogens is 1. The number of aryl methyl sites for hydroxylation is 1. The van der Waals surface area contributed by atoms with E-state index < -0.39 is 0 Å². The molecule has 0 spiro atoms. The normalized spacial score (nSPS) is 17.0. The Morgan fingerprint density at radius 3 is 2.79 bits per heavy atom. The van der Waals surface area contributed by atoms with Crippen LogP contribution in [0.1, 0.15) is 17.7 Å². The molecule has 0 N–H and O–H groups in total. The Morgan fingerprint density at radius 2 is 2.08 bits per heavy atom. The lowest BCUT2D eigenvalue weighted by molar-refractivity contribution is -0.118. The minimum Gasteiger partial charge on any atom is -0.348 e. The van der Waals surface area contributed by atoms with Crippen LogP contribution in [0.3, 0.4) is 0 Å². The molecule has 3 rings (SSSR count). The van der Waals surface area contributed by atoms with Crippen LogP contribution < -0.4 is 9.80 Å². The first-order valence-electron chi connectivity index (χ1n) is 7.69. The van der Waals surface area contributed by atoms with Gasteiger partial charge < -0.3 is 9.80 Å². The number of aromatic nitrogens is 1. The first kappa shape index (κ1) is 16.3. The summed E-state index contributed by atoms with van der Waals surface area (Å²) in [7, 11) is 1.83. The number of benzene rings is 1.